The van der Waals surface area contributed by atoms with Crippen molar-refractivity contribution in [1.29, 1.82) is 1.43 Å². The molecule has 2 heterocycles. The lowest BCUT2D eigenvalue weighted by Crippen LogP contribution is -2.41. The number of phenolic OH excluding ortho intramolecular Hbond substituents is 1. The molecule has 25 heavy (non-hydrogen) atoms. The summed E-state index contributed by atoms with van der Waals surface area (Å²) in [5, 5.41) is 14.1. The summed E-state index contributed by atoms with van der Waals surface area (Å²) in [7, 11) is 0. The molecule has 1 aliphatic heterocycles. The lowest BCUT2D eigenvalue weighted by Gasteiger charge is -2.16. The summed E-state index contributed by atoms with van der Waals surface area (Å²) in [6, 6.07) is 9.71. The first-order valence-electron chi connectivity index (χ1n) is 9.33. The number of phenols is 1. The number of tetrazole rings is 1. The van der Waals surface area contributed by atoms with Gasteiger partial charge in [0.1, 0.15) is 11.4 Å². The number of anilines is 2. The first-order valence-corrected chi connectivity index (χ1v) is 7.46. The van der Waals surface area contributed by atoms with Gasteiger partial charge in [-0.2, -0.15) is 0 Å². The van der Waals surface area contributed by atoms with E-state index in [-0.39, 0.29) is 28.6 Å². The number of hydrogen-bond acceptors (Lipinski definition) is 5. The molecule has 8 nitrogen and oxygen atoms in total. The first-order chi connectivity index (χ1) is 14.3. The number of hydrogen-bond donors (Lipinski definition) is 4. The summed E-state index contributed by atoms with van der Waals surface area (Å²) in [6.45, 7) is 0. The van der Waals surface area contributed by atoms with Crippen molar-refractivity contribution in [3.05, 3.63) is 59.4 Å². The van der Waals surface area contributed by atoms with Gasteiger partial charge in [0.15, 0.2) is 8.51 Å². The average molecular weight is 361 g/mol. The van der Waals surface area contributed by atoms with Gasteiger partial charge in [0.05, 0.1) is 23.1 Å². The van der Waals surface area contributed by atoms with Crippen molar-refractivity contribution in [1.82, 2.24) is 15.5 Å². The Balaban J connectivity index is 1.86. The molecule has 0 unspecified atom stereocenters. The second kappa shape index (κ2) is 5.91. The van der Waals surface area contributed by atoms with E-state index in [4.69, 9.17) is 18.6 Å². The topological polar surface area (TPSA) is 107 Å². The highest BCUT2D eigenvalue weighted by Crippen LogP contribution is 2.28. The Kier molecular flexibility index (Phi) is 2.48. The highest BCUT2D eigenvalue weighted by atomic mass is 35.5. The molecule has 1 amide bonds. The van der Waals surface area contributed by atoms with Crippen LogP contribution < -0.4 is 15.3 Å². The maximum atomic E-state index is 12.9. The van der Waals surface area contributed by atoms with Crippen LogP contribution in [0.1, 0.15) is 7.20 Å². The highest BCUT2D eigenvalue weighted by molar-refractivity contribution is 6.31. The third kappa shape index (κ3) is 2.79. The zero-order valence-electron chi connectivity index (χ0n) is 17.4. The molecule has 0 spiro atoms. The van der Waals surface area contributed by atoms with Gasteiger partial charge in [0, 0.05) is 11.1 Å². The molecule has 0 fully saturated rings. The van der Waals surface area contributed by atoms with Gasteiger partial charge in [-0.15, -0.1) is 0 Å². The second-order valence-electron chi connectivity index (χ2n) is 5.02. The van der Waals surface area contributed by atoms with E-state index in [9.17, 15) is 4.79 Å². The summed E-state index contributed by atoms with van der Waals surface area (Å²) >= 11 is 6.03. The van der Waals surface area contributed by atoms with E-state index in [1.54, 1.807) is 24.3 Å². The van der Waals surface area contributed by atoms with E-state index in [0.717, 1.165) is 5.31 Å². The van der Waals surface area contributed by atoms with Gasteiger partial charge in [-0.25, -0.2) is 0 Å². The lowest BCUT2D eigenvalue weighted by atomic mass is 10.2. The Bertz CT molecular complexity index is 1200. The van der Waals surface area contributed by atoms with Crippen molar-refractivity contribution < 1.29 is 20.2 Å². The Morgan fingerprint density at radius 3 is 3.24 bits per heavy atom. The number of rotatable bonds is 3. The molecule has 4 N–H and O–H groups in total. The standard InChI is InChI=1S/C16H11ClN6O2/c17-9-5-6-13-11(7-9)18-12(16-20-21-22-23(13)16)8-15(25)19-10-3-1-2-4-14(10)24/h1-8H,(H3,18,19,20,21,22,24,25)/p+1/i8D/hD4. The number of carbonyl (C=O) groups excluding carboxylic acids is 1. The number of aromatic hydroxyl groups is 1. The van der Waals surface area contributed by atoms with E-state index in [0.29, 0.717) is 21.2 Å². The van der Waals surface area contributed by atoms with Crippen LogP contribution in [-0.4, -0.2) is 28.0 Å². The maximum absolute atomic E-state index is 12.9. The molecule has 4 rings (SSSR count). The van der Waals surface area contributed by atoms with Crippen LogP contribution in [0.5, 0.6) is 5.75 Å². The average Bonchev–Trinajstić information content (AvgIpc) is 3.13. The van der Waals surface area contributed by atoms with Gasteiger partial charge in [-0.05, 0) is 35.5 Å². The highest BCUT2D eigenvalue weighted by Gasteiger charge is 2.29. The monoisotopic (exact) mass is 360 g/mol. The number of nitrogens with zero attached hydrogens (tertiary/aromatic N) is 3. The minimum absolute atomic E-state index is 0.0596. The number of fused-ring (bicyclic) bond motifs is 3. The predicted molar refractivity (Wildman–Crippen MR) is 91.3 cm³/mol. The molecular weight excluding hydrogens is 344 g/mol. The lowest BCUT2D eigenvalue weighted by molar-refractivity contribution is -0.662. The molecule has 0 radical (unpaired) electrons. The maximum Gasteiger partial charge on any atom is 0.351 e. The van der Waals surface area contributed by atoms with Crippen LogP contribution in [0.4, 0.5) is 11.4 Å². The summed E-state index contributed by atoms with van der Waals surface area (Å²) in [6.07, 6.45) is 0. The molecule has 0 saturated carbocycles. The number of halogens is 1. The molecule has 0 atom stereocenters. The van der Waals surface area contributed by atoms with E-state index in [2.05, 4.69) is 15.4 Å². The summed E-state index contributed by atoms with van der Waals surface area (Å²) < 4.78 is 40.9. The van der Waals surface area contributed by atoms with Crippen LogP contribution in [0.25, 0.3) is 11.4 Å². The quantitative estimate of drug-likeness (QED) is 0.324. The molecule has 0 saturated heterocycles. The second-order valence-corrected chi connectivity index (χ2v) is 5.45. The van der Waals surface area contributed by atoms with Crippen molar-refractivity contribution in [2.24, 2.45) is 0 Å². The molecule has 1 aromatic heterocycles. The van der Waals surface area contributed by atoms with Gasteiger partial charge in [-0.3, -0.25) is 4.79 Å². The Morgan fingerprint density at radius 2 is 2.36 bits per heavy atom. The van der Waals surface area contributed by atoms with Gasteiger partial charge in [0.2, 0.25) is 0 Å². The van der Waals surface area contributed by atoms with Crippen LogP contribution in [0.3, 0.4) is 0 Å². The number of aromatic amines is 1. The summed E-state index contributed by atoms with van der Waals surface area (Å²) in [5.41, 5.74) is 0.229. The Hall–Kier alpha value is -3.39. The SMILES string of the molecule is [2H]Oc1ccccc1N([2H])C(=O)/C([2H])=C1/c2nn([2H])n[n+]2-c2ccc(Cl)cc2N1[2H]. The molecule has 0 aliphatic carbocycles. The van der Waals surface area contributed by atoms with Crippen molar-refractivity contribution in [2.75, 3.05) is 10.6 Å². The van der Waals surface area contributed by atoms with Gasteiger partial charge < -0.3 is 15.7 Å². The van der Waals surface area contributed by atoms with Gasteiger partial charge in [0.25, 0.3) is 7.34 Å². The van der Waals surface area contributed by atoms with Crippen LogP contribution in [-0.2, 0) is 4.79 Å². The zero-order chi connectivity index (χ0) is 21.6. The minimum atomic E-state index is -1.11. The molecule has 3 aromatic rings. The number of nitrogens with one attached hydrogen (secondary N) is 3. The predicted octanol–water partition coefficient (Wildman–Crippen LogP) is 1.85. The molecule has 0 bridgehead atoms. The van der Waals surface area contributed by atoms with Crippen molar-refractivity contribution in [3.8, 4) is 11.4 Å². The Morgan fingerprint density at radius 1 is 1.48 bits per heavy atom. The zero-order valence-corrected chi connectivity index (χ0v) is 13.2. The fourth-order valence-electron chi connectivity index (χ4n) is 2.30. The van der Waals surface area contributed by atoms with Crippen molar-refractivity contribution in [2.45, 2.75) is 0 Å². The van der Waals surface area contributed by atoms with Crippen LogP contribution >= 0.6 is 11.6 Å². The van der Waals surface area contributed by atoms with E-state index in [1.807, 2.05) is 0 Å². The first kappa shape index (κ1) is 10.5. The molecule has 1 aliphatic rings. The van der Waals surface area contributed by atoms with Gasteiger partial charge in [-0.1, -0.05) is 28.4 Å². The number of aromatic nitrogens is 4. The fourth-order valence-corrected chi connectivity index (χ4v) is 2.47. The van der Waals surface area contributed by atoms with Crippen LogP contribution in [0.2, 0.25) is 9.26 Å². The third-order valence-electron chi connectivity index (χ3n) is 3.39. The number of H-pyrrole nitrogens is 1. The molecular formula is C16H12ClN6O2+. The smallest absolute Gasteiger partial charge is 0.351 e. The molecule has 124 valence electrons. The molecule has 9 heteroatoms. The van der Waals surface area contributed by atoms with Crippen LogP contribution in [0.15, 0.2) is 48.5 Å². The van der Waals surface area contributed by atoms with Crippen LogP contribution in [0, 0.1) is 0 Å². The van der Waals surface area contributed by atoms with Crippen molar-refractivity contribution in [3.63, 3.8) is 0 Å². The Labute approximate surface area is 154 Å². The van der Waals surface area contributed by atoms with E-state index >= 15 is 0 Å². The van der Waals surface area contributed by atoms with Crippen molar-refractivity contribution >= 4 is 34.6 Å². The largest absolute Gasteiger partial charge is 0.506 e. The fraction of sp³-hybridized carbons (Fsp3) is 0. The summed E-state index contributed by atoms with van der Waals surface area (Å²) in [4.78, 5) is 12.9. The number of amides is 1. The van der Waals surface area contributed by atoms with E-state index in [1.165, 1.54) is 22.9 Å². The number of benzene rings is 2. The molecule has 2 aromatic carbocycles. The summed E-state index contributed by atoms with van der Waals surface area (Å²) in [5.74, 6) is -1.27. The minimum Gasteiger partial charge on any atom is -0.506 e. The normalized spacial score (nSPS) is 17.2. The third-order valence-corrected chi connectivity index (χ3v) is 3.63. The number of carbonyl (C=O) groups is 1. The van der Waals surface area contributed by atoms with E-state index < -0.39 is 12.0 Å². The number of para-hydroxylation sites is 2. The van der Waals surface area contributed by atoms with Gasteiger partial charge >= 0.3 is 7.24 Å².